The average molecular weight is 228 g/mol. The summed E-state index contributed by atoms with van der Waals surface area (Å²) < 4.78 is 4.50. The molecule has 1 N–H and O–H groups in total. The summed E-state index contributed by atoms with van der Waals surface area (Å²) in [6.45, 7) is 1.76. The summed E-state index contributed by atoms with van der Waals surface area (Å²) in [7, 11) is 1.33. The topological polar surface area (TPSA) is 68.3 Å². The third-order valence-electron chi connectivity index (χ3n) is 1.67. The lowest BCUT2D eigenvalue weighted by Gasteiger charge is -1.96. The molecule has 0 spiro atoms. The van der Waals surface area contributed by atoms with Gasteiger partial charge in [-0.2, -0.15) is 0 Å². The highest BCUT2D eigenvalue weighted by molar-refractivity contribution is 7.13. The molecule has 0 unspecified atom stereocenters. The SMILES string of the molecule is CCC(=O)Nc1nc(CC(=O)OC)cs1. The van der Waals surface area contributed by atoms with Crippen LogP contribution in [0.1, 0.15) is 19.0 Å². The van der Waals surface area contributed by atoms with Crippen molar-refractivity contribution in [2.45, 2.75) is 19.8 Å². The Hall–Kier alpha value is -1.43. The molecule has 1 aromatic heterocycles. The fourth-order valence-electron chi connectivity index (χ4n) is 0.873. The number of anilines is 1. The van der Waals surface area contributed by atoms with Gasteiger partial charge in [0.2, 0.25) is 5.91 Å². The predicted molar refractivity (Wildman–Crippen MR) is 56.8 cm³/mol. The summed E-state index contributed by atoms with van der Waals surface area (Å²) in [6.07, 6.45) is 0.543. The average Bonchev–Trinajstić information content (AvgIpc) is 2.65. The molecule has 0 aliphatic rings. The first-order valence-corrected chi connectivity index (χ1v) is 5.34. The molecule has 1 rings (SSSR count). The molecular weight excluding hydrogens is 216 g/mol. The molecule has 6 heteroatoms. The van der Waals surface area contributed by atoms with Crippen LogP contribution in [0, 0.1) is 0 Å². The quantitative estimate of drug-likeness (QED) is 0.786. The van der Waals surface area contributed by atoms with E-state index in [2.05, 4.69) is 15.0 Å². The number of thiazole rings is 1. The highest BCUT2D eigenvalue weighted by atomic mass is 32.1. The number of ether oxygens (including phenoxy) is 1. The number of esters is 1. The minimum absolute atomic E-state index is 0.0889. The minimum atomic E-state index is -0.339. The normalized spacial score (nSPS) is 9.73. The lowest BCUT2D eigenvalue weighted by Crippen LogP contribution is -2.09. The molecule has 82 valence electrons. The van der Waals surface area contributed by atoms with Crippen molar-refractivity contribution in [3.05, 3.63) is 11.1 Å². The fourth-order valence-corrected chi connectivity index (χ4v) is 1.60. The van der Waals surface area contributed by atoms with Gasteiger partial charge in [-0.15, -0.1) is 11.3 Å². The summed E-state index contributed by atoms with van der Waals surface area (Å²) in [5.74, 6) is -0.428. The first-order chi connectivity index (χ1) is 7.15. The van der Waals surface area contributed by atoms with Crippen LogP contribution in [0.25, 0.3) is 0 Å². The van der Waals surface area contributed by atoms with Crippen LogP contribution in [0.4, 0.5) is 5.13 Å². The third kappa shape index (κ3) is 3.67. The molecular formula is C9H12N2O3S. The van der Waals surface area contributed by atoms with Crippen molar-refractivity contribution in [1.82, 2.24) is 4.98 Å². The van der Waals surface area contributed by atoms with Crippen molar-refractivity contribution < 1.29 is 14.3 Å². The van der Waals surface area contributed by atoms with E-state index in [-0.39, 0.29) is 18.3 Å². The molecule has 0 fully saturated rings. The Bertz CT molecular complexity index is 329. The van der Waals surface area contributed by atoms with E-state index in [1.807, 2.05) is 0 Å². The smallest absolute Gasteiger partial charge is 0.311 e. The number of carbonyl (C=O) groups excluding carboxylic acids is 2. The van der Waals surface area contributed by atoms with Crippen LogP contribution < -0.4 is 5.32 Å². The number of nitrogens with zero attached hydrogens (tertiary/aromatic N) is 1. The number of carbonyl (C=O) groups is 2. The van der Waals surface area contributed by atoms with Crippen molar-refractivity contribution in [3.8, 4) is 0 Å². The first-order valence-electron chi connectivity index (χ1n) is 4.46. The van der Waals surface area contributed by atoms with Gasteiger partial charge in [0.15, 0.2) is 5.13 Å². The predicted octanol–water partition coefficient (Wildman–Crippen LogP) is 1.21. The van der Waals surface area contributed by atoms with Gasteiger partial charge in [0.1, 0.15) is 0 Å². The summed E-state index contributed by atoms with van der Waals surface area (Å²) in [5.41, 5.74) is 0.609. The molecule has 15 heavy (non-hydrogen) atoms. The first kappa shape index (κ1) is 11.6. The molecule has 1 heterocycles. The molecule has 1 amide bonds. The molecule has 0 saturated carbocycles. The zero-order chi connectivity index (χ0) is 11.3. The Balaban J connectivity index is 2.56. The van der Waals surface area contributed by atoms with Crippen molar-refractivity contribution in [1.29, 1.82) is 0 Å². The van der Waals surface area contributed by atoms with E-state index in [1.165, 1.54) is 18.4 Å². The third-order valence-corrected chi connectivity index (χ3v) is 2.48. The molecule has 0 saturated heterocycles. The molecule has 0 atom stereocenters. The van der Waals surface area contributed by atoms with Crippen LogP contribution in [0.3, 0.4) is 0 Å². The number of amides is 1. The molecule has 0 aromatic carbocycles. The van der Waals surface area contributed by atoms with Crippen LogP contribution in [0.5, 0.6) is 0 Å². The number of hydrogen-bond acceptors (Lipinski definition) is 5. The maximum Gasteiger partial charge on any atom is 0.311 e. The van der Waals surface area contributed by atoms with E-state index in [0.717, 1.165) is 0 Å². The lowest BCUT2D eigenvalue weighted by atomic mass is 10.3. The van der Waals surface area contributed by atoms with E-state index in [9.17, 15) is 9.59 Å². The molecule has 0 aliphatic carbocycles. The van der Waals surface area contributed by atoms with Gasteiger partial charge in [0.05, 0.1) is 19.2 Å². The van der Waals surface area contributed by atoms with Crippen LogP contribution in [0.15, 0.2) is 5.38 Å². The highest BCUT2D eigenvalue weighted by Crippen LogP contribution is 2.16. The Kier molecular flexibility index (Phi) is 4.23. The van der Waals surface area contributed by atoms with Crippen LogP contribution >= 0.6 is 11.3 Å². The Labute approximate surface area is 91.5 Å². The van der Waals surface area contributed by atoms with E-state index >= 15 is 0 Å². The Morgan fingerprint density at radius 2 is 2.33 bits per heavy atom. The van der Waals surface area contributed by atoms with Gasteiger partial charge >= 0.3 is 5.97 Å². The number of aromatic nitrogens is 1. The van der Waals surface area contributed by atoms with Crippen LogP contribution in [-0.4, -0.2) is 24.0 Å². The largest absolute Gasteiger partial charge is 0.469 e. The van der Waals surface area contributed by atoms with Gasteiger partial charge in [-0.25, -0.2) is 4.98 Å². The minimum Gasteiger partial charge on any atom is -0.469 e. The zero-order valence-electron chi connectivity index (χ0n) is 8.57. The Morgan fingerprint density at radius 3 is 2.93 bits per heavy atom. The van der Waals surface area contributed by atoms with E-state index < -0.39 is 0 Å². The number of methoxy groups -OCH3 is 1. The van der Waals surface area contributed by atoms with Crippen molar-refractivity contribution in [2.24, 2.45) is 0 Å². The summed E-state index contributed by atoms with van der Waals surface area (Å²) >= 11 is 1.29. The van der Waals surface area contributed by atoms with Gasteiger partial charge < -0.3 is 10.1 Å². The van der Waals surface area contributed by atoms with Crippen molar-refractivity contribution >= 4 is 28.3 Å². The van der Waals surface area contributed by atoms with Crippen molar-refractivity contribution in [3.63, 3.8) is 0 Å². The summed E-state index contributed by atoms with van der Waals surface area (Å²) in [6, 6.07) is 0. The lowest BCUT2D eigenvalue weighted by molar-refractivity contribution is -0.139. The molecule has 0 bridgehead atoms. The second-order valence-electron chi connectivity index (χ2n) is 2.80. The maximum atomic E-state index is 11.0. The maximum absolute atomic E-state index is 11.0. The van der Waals surface area contributed by atoms with Gasteiger partial charge in [0.25, 0.3) is 0 Å². The van der Waals surface area contributed by atoms with Crippen LogP contribution in [-0.2, 0) is 20.7 Å². The van der Waals surface area contributed by atoms with Gasteiger partial charge in [-0.1, -0.05) is 6.92 Å². The second kappa shape index (κ2) is 5.45. The number of hydrogen-bond donors (Lipinski definition) is 1. The summed E-state index contributed by atoms with van der Waals surface area (Å²) in [4.78, 5) is 26.0. The summed E-state index contributed by atoms with van der Waals surface area (Å²) in [5, 5.41) is 4.86. The van der Waals surface area contributed by atoms with Gasteiger partial charge in [-0.3, -0.25) is 9.59 Å². The zero-order valence-corrected chi connectivity index (χ0v) is 9.39. The molecule has 0 aliphatic heterocycles. The Morgan fingerprint density at radius 1 is 1.60 bits per heavy atom. The van der Waals surface area contributed by atoms with E-state index in [0.29, 0.717) is 17.2 Å². The monoisotopic (exact) mass is 228 g/mol. The van der Waals surface area contributed by atoms with Crippen molar-refractivity contribution in [2.75, 3.05) is 12.4 Å². The highest BCUT2D eigenvalue weighted by Gasteiger charge is 2.08. The van der Waals surface area contributed by atoms with Gasteiger partial charge in [-0.05, 0) is 0 Å². The number of rotatable bonds is 4. The fraction of sp³-hybridized carbons (Fsp3) is 0.444. The molecule has 0 radical (unpaired) electrons. The standard InChI is InChI=1S/C9H12N2O3S/c1-3-7(12)11-9-10-6(5-15-9)4-8(13)14-2/h5H,3-4H2,1-2H3,(H,10,11,12). The molecule has 1 aromatic rings. The number of nitrogens with one attached hydrogen (secondary N) is 1. The second-order valence-corrected chi connectivity index (χ2v) is 3.66. The van der Waals surface area contributed by atoms with Gasteiger partial charge in [0, 0.05) is 11.8 Å². The van der Waals surface area contributed by atoms with E-state index in [1.54, 1.807) is 12.3 Å². The van der Waals surface area contributed by atoms with E-state index in [4.69, 9.17) is 0 Å². The van der Waals surface area contributed by atoms with Crippen LogP contribution in [0.2, 0.25) is 0 Å². The molecule has 5 nitrogen and oxygen atoms in total.